The average molecular weight is 448 g/mol. The van der Waals surface area contributed by atoms with Gasteiger partial charge < -0.3 is 9.47 Å². The van der Waals surface area contributed by atoms with Crippen molar-refractivity contribution >= 4 is 34.8 Å². The number of unbranched alkanes of at least 4 members (excludes halogenated alkanes) is 3. The Hall–Kier alpha value is -3.18. The van der Waals surface area contributed by atoms with Crippen molar-refractivity contribution in [2.24, 2.45) is 4.99 Å². The Labute approximate surface area is 194 Å². The Morgan fingerprint density at radius 3 is 2.41 bits per heavy atom. The molecule has 0 radical (unpaired) electrons. The summed E-state index contributed by atoms with van der Waals surface area (Å²) in [7, 11) is 0. The lowest BCUT2D eigenvalue weighted by Crippen LogP contribution is -2.04. The molecule has 0 N–H and O–H groups in total. The van der Waals surface area contributed by atoms with E-state index in [4.69, 9.17) is 9.47 Å². The fraction of sp³-hybridized carbons (Fsp3) is 0.259. The molecule has 3 aromatic rings. The third-order valence-electron chi connectivity index (χ3n) is 4.82. The van der Waals surface area contributed by atoms with Gasteiger partial charge in [0, 0.05) is 16.7 Å². The van der Waals surface area contributed by atoms with Crippen molar-refractivity contribution < 1.29 is 14.3 Å². The van der Waals surface area contributed by atoms with Crippen LogP contribution in [0.1, 0.15) is 50.0 Å². The maximum absolute atomic E-state index is 12.0. The zero-order valence-electron chi connectivity index (χ0n) is 18.6. The molecule has 0 amide bonds. The number of hydrogen-bond donors (Lipinski definition) is 0. The summed E-state index contributed by atoms with van der Waals surface area (Å²) in [5, 5.41) is 1.96. The van der Waals surface area contributed by atoms with Gasteiger partial charge in [-0.25, -0.2) is 4.79 Å². The van der Waals surface area contributed by atoms with E-state index in [2.05, 4.69) is 11.9 Å². The molecule has 1 heterocycles. The van der Waals surface area contributed by atoms with E-state index in [1.807, 2.05) is 60.8 Å². The molecule has 0 aliphatic rings. The summed E-state index contributed by atoms with van der Waals surface area (Å²) in [6.07, 6.45) is 7.97. The summed E-state index contributed by atoms with van der Waals surface area (Å²) in [6, 6.07) is 19.1. The van der Waals surface area contributed by atoms with E-state index >= 15 is 0 Å². The number of carbonyl (C=O) groups is 1. The number of hydrogen-bond acceptors (Lipinski definition) is 5. The van der Waals surface area contributed by atoms with Crippen LogP contribution in [-0.2, 0) is 4.79 Å². The van der Waals surface area contributed by atoms with E-state index in [-0.39, 0.29) is 0 Å². The molecule has 0 atom stereocenters. The first-order chi connectivity index (χ1) is 15.6. The molecule has 0 aliphatic carbocycles. The van der Waals surface area contributed by atoms with E-state index in [0.29, 0.717) is 5.75 Å². The monoisotopic (exact) mass is 447 g/mol. The van der Waals surface area contributed by atoms with Gasteiger partial charge in [-0.05, 0) is 85.0 Å². The Balaban J connectivity index is 1.52. The average Bonchev–Trinajstić information content (AvgIpc) is 3.33. The topological polar surface area (TPSA) is 47.9 Å². The highest BCUT2D eigenvalue weighted by Gasteiger charge is 2.04. The number of esters is 1. The Kier molecular flexibility index (Phi) is 9.26. The molecule has 0 saturated heterocycles. The van der Waals surface area contributed by atoms with Crippen LogP contribution in [0.15, 0.2) is 77.1 Å². The number of thiophene rings is 1. The standard InChI is InChI=1S/C27H29NO3S/c1-3-4-5-6-19-30-24-15-11-23(12-16-24)28-21(2)22-9-13-25(14-10-22)31-27(29)18-17-26-8-7-20-32-26/h7-18,20H,3-6,19H2,1-2H3/b18-17+,28-21?. The molecule has 0 bridgehead atoms. The first-order valence-electron chi connectivity index (χ1n) is 11.0. The van der Waals surface area contributed by atoms with Gasteiger partial charge in [-0.3, -0.25) is 4.99 Å². The van der Waals surface area contributed by atoms with E-state index in [1.54, 1.807) is 29.5 Å². The van der Waals surface area contributed by atoms with Gasteiger partial charge in [-0.1, -0.05) is 32.3 Å². The summed E-state index contributed by atoms with van der Waals surface area (Å²) in [5.74, 6) is 0.976. The number of nitrogens with zero attached hydrogens (tertiary/aromatic N) is 1. The van der Waals surface area contributed by atoms with Gasteiger partial charge in [-0.2, -0.15) is 0 Å². The van der Waals surface area contributed by atoms with E-state index in [1.165, 1.54) is 25.3 Å². The minimum atomic E-state index is -0.399. The largest absolute Gasteiger partial charge is 0.494 e. The van der Waals surface area contributed by atoms with E-state index in [9.17, 15) is 4.79 Å². The molecule has 2 aromatic carbocycles. The smallest absolute Gasteiger partial charge is 0.336 e. The van der Waals surface area contributed by atoms with E-state index < -0.39 is 5.97 Å². The van der Waals surface area contributed by atoms with Crippen molar-refractivity contribution in [3.63, 3.8) is 0 Å². The predicted octanol–water partition coefficient (Wildman–Crippen LogP) is 7.47. The van der Waals surface area contributed by atoms with Crippen LogP contribution >= 0.6 is 11.3 Å². The molecule has 0 saturated carbocycles. The van der Waals surface area contributed by atoms with Crippen molar-refractivity contribution in [2.75, 3.05) is 6.61 Å². The lowest BCUT2D eigenvalue weighted by atomic mass is 10.1. The summed E-state index contributed by atoms with van der Waals surface area (Å²) in [4.78, 5) is 17.7. The maximum Gasteiger partial charge on any atom is 0.336 e. The highest BCUT2D eigenvalue weighted by Crippen LogP contribution is 2.21. The number of benzene rings is 2. The second kappa shape index (κ2) is 12.6. The first-order valence-corrected chi connectivity index (χ1v) is 11.8. The molecule has 0 spiro atoms. The highest BCUT2D eigenvalue weighted by molar-refractivity contribution is 7.10. The zero-order chi connectivity index (χ0) is 22.6. The van der Waals surface area contributed by atoms with Gasteiger partial charge in [-0.15, -0.1) is 11.3 Å². The quantitative estimate of drug-likeness (QED) is 0.101. The molecule has 166 valence electrons. The Morgan fingerprint density at radius 1 is 0.969 bits per heavy atom. The number of carbonyl (C=O) groups excluding carboxylic acids is 1. The molecular formula is C27H29NO3S. The van der Waals surface area contributed by atoms with Crippen LogP contribution in [0.5, 0.6) is 11.5 Å². The summed E-state index contributed by atoms with van der Waals surface area (Å²) < 4.78 is 11.1. The van der Waals surface area contributed by atoms with Crippen molar-refractivity contribution in [1.29, 1.82) is 0 Å². The fourth-order valence-corrected chi connectivity index (χ4v) is 3.66. The number of aliphatic imine (C=N–C) groups is 1. The highest BCUT2D eigenvalue weighted by atomic mass is 32.1. The van der Waals surface area contributed by atoms with Gasteiger partial charge in [0.2, 0.25) is 0 Å². The van der Waals surface area contributed by atoms with Crippen molar-refractivity contribution in [1.82, 2.24) is 0 Å². The first kappa shape index (κ1) is 23.5. The van der Waals surface area contributed by atoms with Crippen LogP contribution in [0.3, 0.4) is 0 Å². The molecule has 0 fully saturated rings. The fourth-order valence-electron chi connectivity index (χ4n) is 3.04. The van der Waals surface area contributed by atoms with Crippen LogP contribution < -0.4 is 9.47 Å². The number of rotatable bonds is 11. The van der Waals surface area contributed by atoms with Crippen molar-refractivity contribution in [3.05, 3.63) is 82.6 Å². The molecule has 0 unspecified atom stereocenters. The Morgan fingerprint density at radius 2 is 1.72 bits per heavy atom. The van der Waals surface area contributed by atoms with Crippen molar-refractivity contribution in [3.8, 4) is 11.5 Å². The molecule has 1 aromatic heterocycles. The SMILES string of the molecule is CCCCCCOc1ccc(N=C(C)c2ccc(OC(=O)/C=C/c3cccs3)cc2)cc1. The second-order valence-corrected chi connectivity index (χ2v) is 8.37. The van der Waals surface area contributed by atoms with E-state index in [0.717, 1.165) is 40.6 Å². The molecule has 4 nitrogen and oxygen atoms in total. The third-order valence-corrected chi connectivity index (χ3v) is 5.66. The summed E-state index contributed by atoms with van der Waals surface area (Å²) >= 11 is 1.57. The van der Waals surface area contributed by atoms with Crippen LogP contribution in [0, 0.1) is 0 Å². The van der Waals surface area contributed by atoms with Crippen LogP contribution in [0.4, 0.5) is 5.69 Å². The van der Waals surface area contributed by atoms with Crippen LogP contribution in [0.25, 0.3) is 6.08 Å². The van der Waals surface area contributed by atoms with Gasteiger partial charge in [0.1, 0.15) is 11.5 Å². The second-order valence-electron chi connectivity index (χ2n) is 7.39. The van der Waals surface area contributed by atoms with Crippen LogP contribution in [0.2, 0.25) is 0 Å². The zero-order valence-corrected chi connectivity index (χ0v) is 19.4. The maximum atomic E-state index is 12.0. The molecule has 5 heteroatoms. The molecule has 32 heavy (non-hydrogen) atoms. The van der Waals surface area contributed by atoms with Gasteiger partial charge in [0.05, 0.1) is 12.3 Å². The van der Waals surface area contributed by atoms with Crippen LogP contribution in [-0.4, -0.2) is 18.3 Å². The lowest BCUT2D eigenvalue weighted by Gasteiger charge is -2.07. The summed E-state index contributed by atoms with van der Waals surface area (Å²) in [6.45, 7) is 4.92. The predicted molar refractivity (Wildman–Crippen MR) is 133 cm³/mol. The summed E-state index contributed by atoms with van der Waals surface area (Å²) in [5.41, 5.74) is 2.72. The molecule has 0 aliphatic heterocycles. The minimum Gasteiger partial charge on any atom is -0.494 e. The normalized spacial score (nSPS) is 11.6. The Bertz CT molecular complexity index is 1020. The lowest BCUT2D eigenvalue weighted by molar-refractivity contribution is -0.128. The van der Waals surface area contributed by atoms with Gasteiger partial charge >= 0.3 is 5.97 Å². The number of ether oxygens (including phenoxy) is 2. The van der Waals surface area contributed by atoms with Crippen molar-refractivity contribution in [2.45, 2.75) is 39.5 Å². The minimum absolute atomic E-state index is 0.399. The van der Waals surface area contributed by atoms with Gasteiger partial charge in [0.15, 0.2) is 0 Å². The van der Waals surface area contributed by atoms with Gasteiger partial charge in [0.25, 0.3) is 0 Å². The molecule has 3 rings (SSSR count). The molecular weight excluding hydrogens is 418 g/mol. The third kappa shape index (κ3) is 7.82.